The predicted octanol–water partition coefficient (Wildman–Crippen LogP) is 2.49. The average Bonchev–Trinajstić information content (AvgIpc) is 2.47. The summed E-state index contributed by atoms with van der Waals surface area (Å²) >= 11 is 0. The molecule has 5 nitrogen and oxygen atoms in total. The molecule has 0 saturated carbocycles. The molecule has 1 saturated heterocycles. The van der Waals surface area contributed by atoms with E-state index in [0.29, 0.717) is 24.1 Å². The van der Waals surface area contributed by atoms with Crippen LogP contribution < -0.4 is 10.2 Å². The summed E-state index contributed by atoms with van der Waals surface area (Å²) in [6.45, 7) is 9.25. The van der Waals surface area contributed by atoms with Gasteiger partial charge in [-0.2, -0.15) is 0 Å². The summed E-state index contributed by atoms with van der Waals surface area (Å²) in [6.07, 6.45) is 4.92. The highest BCUT2D eigenvalue weighted by atomic mass is 16.1. The Morgan fingerprint density at radius 2 is 2.29 bits per heavy atom. The van der Waals surface area contributed by atoms with Gasteiger partial charge in [0.05, 0.1) is 0 Å². The highest BCUT2D eigenvalue weighted by molar-refractivity contribution is 5.92. The van der Waals surface area contributed by atoms with Crippen LogP contribution in [0.25, 0.3) is 0 Å². The summed E-state index contributed by atoms with van der Waals surface area (Å²) in [4.78, 5) is 22.8. The molecular weight excluding hydrogens is 264 g/mol. The number of piperidine rings is 1. The molecule has 0 aliphatic carbocycles. The molecule has 1 amide bonds. The van der Waals surface area contributed by atoms with E-state index in [0.717, 1.165) is 25.3 Å². The summed E-state index contributed by atoms with van der Waals surface area (Å²) in [5.74, 6) is 2.02. The highest BCUT2D eigenvalue weighted by Crippen LogP contribution is 2.21. The van der Waals surface area contributed by atoms with Gasteiger partial charge in [0, 0.05) is 25.7 Å². The van der Waals surface area contributed by atoms with E-state index in [2.05, 4.69) is 41.0 Å². The Morgan fingerprint density at radius 1 is 1.48 bits per heavy atom. The van der Waals surface area contributed by atoms with Crippen LogP contribution in [0, 0.1) is 11.8 Å². The minimum absolute atomic E-state index is 0.107. The Labute approximate surface area is 127 Å². The van der Waals surface area contributed by atoms with Crippen molar-refractivity contribution in [1.82, 2.24) is 15.3 Å². The summed E-state index contributed by atoms with van der Waals surface area (Å²) in [7, 11) is 0. The monoisotopic (exact) mass is 290 g/mol. The van der Waals surface area contributed by atoms with Gasteiger partial charge in [-0.05, 0) is 31.1 Å². The number of nitrogens with one attached hydrogen (secondary N) is 1. The zero-order valence-electron chi connectivity index (χ0n) is 13.3. The fourth-order valence-electron chi connectivity index (χ4n) is 2.61. The molecule has 2 rings (SSSR count). The number of carbonyl (C=O) groups excluding carboxylic acids is 1. The maximum atomic E-state index is 12.1. The van der Waals surface area contributed by atoms with Crippen molar-refractivity contribution in [2.24, 2.45) is 11.8 Å². The lowest BCUT2D eigenvalue weighted by molar-refractivity contribution is 0.0947. The minimum atomic E-state index is -0.107. The minimum Gasteiger partial charge on any atom is -0.356 e. The van der Waals surface area contributed by atoms with Crippen molar-refractivity contribution >= 4 is 11.7 Å². The third-order valence-corrected chi connectivity index (χ3v) is 3.87. The first-order chi connectivity index (χ1) is 10.1. The van der Waals surface area contributed by atoms with Gasteiger partial charge >= 0.3 is 0 Å². The second-order valence-corrected chi connectivity index (χ2v) is 6.39. The molecule has 116 valence electrons. The van der Waals surface area contributed by atoms with Crippen LogP contribution in [0.5, 0.6) is 0 Å². The molecule has 0 radical (unpaired) electrons. The largest absolute Gasteiger partial charge is 0.356 e. The summed E-state index contributed by atoms with van der Waals surface area (Å²) in [6, 6.07) is 1.81. The number of aromatic nitrogens is 2. The van der Waals surface area contributed by atoms with Gasteiger partial charge in [-0.15, -0.1) is 0 Å². The van der Waals surface area contributed by atoms with Gasteiger partial charge in [-0.25, -0.2) is 9.97 Å². The maximum absolute atomic E-state index is 12.1. The number of carbonyl (C=O) groups is 1. The molecule has 0 bridgehead atoms. The SMILES string of the molecule is CC(C)CCNC(=O)c1cc(N2CCCC(C)C2)ncn1. The molecule has 2 heterocycles. The standard InChI is InChI=1S/C16H26N4O/c1-12(2)6-7-17-16(21)14-9-15(19-11-18-14)20-8-4-5-13(3)10-20/h9,11-13H,4-8,10H2,1-3H3,(H,17,21). The second kappa shape index (κ2) is 7.38. The zero-order chi connectivity index (χ0) is 15.2. The van der Waals surface area contributed by atoms with Crippen molar-refractivity contribution < 1.29 is 4.79 Å². The van der Waals surface area contributed by atoms with E-state index in [1.54, 1.807) is 0 Å². The van der Waals surface area contributed by atoms with Crippen LogP contribution in [-0.4, -0.2) is 35.5 Å². The zero-order valence-corrected chi connectivity index (χ0v) is 13.3. The molecule has 1 aromatic heterocycles. The van der Waals surface area contributed by atoms with Gasteiger partial charge in [0.1, 0.15) is 17.8 Å². The fourth-order valence-corrected chi connectivity index (χ4v) is 2.61. The Morgan fingerprint density at radius 3 is 3.00 bits per heavy atom. The van der Waals surface area contributed by atoms with Gasteiger partial charge in [0.2, 0.25) is 0 Å². The van der Waals surface area contributed by atoms with E-state index < -0.39 is 0 Å². The first-order valence-electron chi connectivity index (χ1n) is 7.91. The Balaban J connectivity index is 1.98. The molecule has 0 spiro atoms. The fraction of sp³-hybridized carbons (Fsp3) is 0.688. The Kier molecular flexibility index (Phi) is 5.53. The quantitative estimate of drug-likeness (QED) is 0.905. The normalized spacial score (nSPS) is 18.9. The highest BCUT2D eigenvalue weighted by Gasteiger charge is 2.19. The van der Waals surface area contributed by atoms with Crippen LogP contribution >= 0.6 is 0 Å². The third kappa shape index (κ3) is 4.69. The van der Waals surface area contributed by atoms with Gasteiger partial charge < -0.3 is 10.2 Å². The summed E-state index contributed by atoms with van der Waals surface area (Å²) < 4.78 is 0. The predicted molar refractivity (Wildman–Crippen MR) is 84.4 cm³/mol. The van der Waals surface area contributed by atoms with E-state index in [1.165, 1.54) is 19.2 Å². The van der Waals surface area contributed by atoms with Gasteiger partial charge in [0.25, 0.3) is 5.91 Å². The molecule has 1 atom stereocenters. The molecular formula is C16H26N4O. The molecule has 1 fully saturated rings. The van der Waals surface area contributed by atoms with E-state index >= 15 is 0 Å². The molecule has 5 heteroatoms. The van der Waals surface area contributed by atoms with E-state index in [4.69, 9.17) is 0 Å². The molecule has 1 unspecified atom stereocenters. The average molecular weight is 290 g/mol. The Bertz CT molecular complexity index is 475. The van der Waals surface area contributed by atoms with E-state index in [1.807, 2.05) is 6.07 Å². The molecule has 1 aliphatic rings. The number of anilines is 1. The number of hydrogen-bond acceptors (Lipinski definition) is 4. The van der Waals surface area contributed by atoms with Crippen LogP contribution in [0.3, 0.4) is 0 Å². The number of nitrogens with zero attached hydrogens (tertiary/aromatic N) is 3. The van der Waals surface area contributed by atoms with Crippen molar-refractivity contribution in [3.05, 3.63) is 18.1 Å². The van der Waals surface area contributed by atoms with Crippen molar-refractivity contribution in [2.45, 2.75) is 40.0 Å². The second-order valence-electron chi connectivity index (χ2n) is 6.39. The van der Waals surface area contributed by atoms with Crippen LogP contribution in [0.1, 0.15) is 50.5 Å². The van der Waals surface area contributed by atoms with Crippen LogP contribution in [0.15, 0.2) is 12.4 Å². The molecule has 1 aliphatic heterocycles. The van der Waals surface area contributed by atoms with Gasteiger partial charge in [-0.3, -0.25) is 4.79 Å². The molecule has 1 N–H and O–H groups in total. The first kappa shape index (κ1) is 15.7. The van der Waals surface area contributed by atoms with Crippen molar-refractivity contribution in [2.75, 3.05) is 24.5 Å². The molecule has 21 heavy (non-hydrogen) atoms. The number of amides is 1. The van der Waals surface area contributed by atoms with Crippen LogP contribution in [0.4, 0.5) is 5.82 Å². The van der Waals surface area contributed by atoms with Crippen LogP contribution in [0.2, 0.25) is 0 Å². The summed E-state index contributed by atoms with van der Waals surface area (Å²) in [5.41, 5.74) is 0.460. The lowest BCUT2D eigenvalue weighted by atomic mass is 10.0. The van der Waals surface area contributed by atoms with E-state index in [-0.39, 0.29) is 5.91 Å². The molecule has 0 aromatic carbocycles. The van der Waals surface area contributed by atoms with Crippen LogP contribution in [-0.2, 0) is 0 Å². The topological polar surface area (TPSA) is 58.1 Å². The Hall–Kier alpha value is -1.65. The third-order valence-electron chi connectivity index (χ3n) is 3.87. The van der Waals surface area contributed by atoms with Crippen molar-refractivity contribution in [1.29, 1.82) is 0 Å². The number of hydrogen-bond donors (Lipinski definition) is 1. The van der Waals surface area contributed by atoms with Crippen molar-refractivity contribution in [3.8, 4) is 0 Å². The first-order valence-corrected chi connectivity index (χ1v) is 7.91. The smallest absolute Gasteiger partial charge is 0.270 e. The lowest BCUT2D eigenvalue weighted by Crippen LogP contribution is -2.35. The maximum Gasteiger partial charge on any atom is 0.270 e. The van der Waals surface area contributed by atoms with E-state index in [9.17, 15) is 4.79 Å². The molecule has 1 aromatic rings. The summed E-state index contributed by atoms with van der Waals surface area (Å²) in [5, 5.41) is 2.92. The number of rotatable bonds is 5. The lowest BCUT2D eigenvalue weighted by Gasteiger charge is -2.31. The van der Waals surface area contributed by atoms with Crippen molar-refractivity contribution in [3.63, 3.8) is 0 Å². The van der Waals surface area contributed by atoms with Gasteiger partial charge in [0.15, 0.2) is 0 Å². The van der Waals surface area contributed by atoms with Gasteiger partial charge in [-0.1, -0.05) is 20.8 Å².